The first kappa shape index (κ1) is 11.8. The topological polar surface area (TPSA) is 29.4 Å². The van der Waals surface area contributed by atoms with Crippen LogP contribution in [0.4, 0.5) is 0 Å². The molecule has 3 heteroatoms. The number of Topliss-reactive ketones (excluding diaryl/α,β-unsaturated/α-hetero) is 1. The van der Waals surface area contributed by atoms with Gasteiger partial charge >= 0.3 is 0 Å². The van der Waals surface area contributed by atoms with Crippen LogP contribution in [0.15, 0.2) is 48.1 Å². The van der Waals surface area contributed by atoms with Crippen molar-refractivity contribution >= 4 is 23.1 Å². The van der Waals surface area contributed by atoms with Gasteiger partial charge in [0, 0.05) is 16.8 Å². The number of benzene rings is 1. The maximum Gasteiger partial charge on any atom is 0.211 e. The largest absolute Gasteiger partial charge is 0.287 e. The average molecular weight is 246 g/mol. The lowest BCUT2D eigenvalue weighted by Crippen LogP contribution is -2.14. The molecule has 0 amide bonds. The number of hydrogen-bond acceptors (Lipinski definition) is 2. The van der Waals surface area contributed by atoms with Gasteiger partial charge in [0.2, 0.25) is 5.78 Å². The van der Waals surface area contributed by atoms with Crippen LogP contribution in [0.1, 0.15) is 22.3 Å². The molecule has 1 aromatic rings. The first-order chi connectivity index (χ1) is 8.13. The standard InChI is InChI=1S/C14H12ClNO/c1-3-16-13-9(2)4-5-10-8-11(15)6-7-12(10)14(13)17/h3,6-8H,1-2,4-5H2. The van der Waals surface area contributed by atoms with Crippen molar-refractivity contribution < 1.29 is 4.79 Å². The number of aryl methyl sites for hydroxylation is 1. The van der Waals surface area contributed by atoms with Crippen LogP contribution in [0.3, 0.4) is 0 Å². The molecule has 2 rings (SSSR count). The van der Waals surface area contributed by atoms with E-state index in [4.69, 9.17) is 11.6 Å². The molecule has 0 atom stereocenters. The average Bonchev–Trinajstić information content (AvgIpc) is 2.41. The SMILES string of the molecule is C=CN=C1C(=C)CCc2cc(Cl)ccc2C1=O. The first-order valence-corrected chi connectivity index (χ1v) is 5.71. The van der Waals surface area contributed by atoms with Crippen LogP contribution in [0.2, 0.25) is 5.02 Å². The Bertz CT molecular complexity index is 543. The monoisotopic (exact) mass is 245 g/mol. The smallest absolute Gasteiger partial charge is 0.211 e. The molecular weight excluding hydrogens is 234 g/mol. The van der Waals surface area contributed by atoms with Crippen molar-refractivity contribution in [1.29, 1.82) is 0 Å². The number of halogens is 1. The molecule has 0 radical (unpaired) electrons. The molecule has 2 nitrogen and oxygen atoms in total. The number of nitrogens with zero attached hydrogens (tertiary/aromatic N) is 1. The molecule has 0 unspecified atom stereocenters. The third-order valence-corrected chi connectivity index (χ3v) is 3.01. The Morgan fingerprint density at radius 1 is 1.35 bits per heavy atom. The second-order valence-electron chi connectivity index (χ2n) is 3.89. The number of fused-ring (bicyclic) bond motifs is 1. The van der Waals surface area contributed by atoms with Gasteiger partial charge in [-0.3, -0.25) is 9.79 Å². The van der Waals surface area contributed by atoms with E-state index < -0.39 is 0 Å². The number of ketones is 1. The molecule has 86 valence electrons. The van der Waals surface area contributed by atoms with Crippen LogP contribution in [-0.2, 0) is 6.42 Å². The molecule has 0 N–H and O–H groups in total. The Labute approximate surface area is 105 Å². The fourth-order valence-electron chi connectivity index (χ4n) is 1.92. The van der Waals surface area contributed by atoms with E-state index >= 15 is 0 Å². The summed E-state index contributed by atoms with van der Waals surface area (Å²) < 4.78 is 0. The van der Waals surface area contributed by atoms with E-state index in [1.165, 1.54) is 6.20 Å². The number of hydrogen-bond donors (Lipinski definition) is 0. The fraction of sp³-hybridized carbons (Fsp3) is 0.143. The van der Waals surface area contributed by atoms with E-state index in [0.29, 0.717) is 22.7 Å². The highest BCUT2D eigenvalue weighted by Gasteiger charge is 2.23. The number of allylic oxidation sites excluding steroid dienone is 1. The number of carbonyl (C=O) groups excluding carboxylic acids is 1. The van der Waals surface area contributed by atoms with Crippen molar-refractivity contribution in [3.63, 3.8) is 0 Å². The van der Waals surface area contributed by atoms with E-state index in [0.717, 1.165) is 17.6 Å². The van der Waals surface area contributed by atoms with Crippen molar-refractivity contribution in [1.82, 2.24) is 0 Å². The molecule has 1 aliphatic rings. The summed E-state index contributed by atoms with van der Waals surface area (Å²) in [6.45, 7) is 7.42. The lowest BCUT2D eigenvalue weighted by Gasteiger charge is -2.04. The summed E-state index contributed by atoms with van der Waals surface area (Å²) in [6, 6.07) is 5.30. The number of rotatable bonds is 1. The van der Waals surface area contributed by atoms with E-state index in [1.807, 2.05) is 6.07 Å². The highest BCUT2D eigenvalue weighted by Crippen LogP contribution is 2.24. The summed E-state index contributed by atoms with van der Waals surface area (Å²) in [5, 5.41) is 0.645. The predicted molar refractivity (Wildman–Crippen MR) is 70.9 cm³/mol. The lowest BCUT2D eigenvalue weighted by molar-refractivity contribution is 0.106. The quantitative estimate of drug-likeness (QED) is 0.695. The summed E-state index contributed by atoms with van der Waals surface area (Å²) in [7, 11) is 0. The van der Waals surface area contributed by atoms with Gasteiger partial charge in [-0.1, -0.05) is 24.8 Å². The summed E-state index contributed by atoms with van der Waals surface area (Å²) >= 11 is 5.93. The minimum Gasteiger partial charge on any atom is -0.287 e. The van der Waals surface area contributed by atoms with Crippen LogP contribution in [-0.4, -0.2) is 11.5 Å². The van der Waals surface area contributed by atoms with E-state index in [2.05, 4.69) is 18.2 Å². The van der Waals surface area contributed by atoms with E-state index in [9.17, 15) is 4.79 Å². The summed E-state index contributed by atoms with van der Waals surface area (Å²) in [6.07, 6.45) is 2.85. The molecule has 1 aromatic carbocycles. The van der Waals surface area contributed by atoms with Gasteiger partial charge in [-0.15, -0.1) is 0 Å². The minimum atomic E-state index is -0.0981. The molecule has 0 saturated carbocycles. The van der Waals surface area contributed by atoms with Crippen molar-refractivity contribution in [3.8, 4) is 0 Å². The molecule has 0 aliphatic heterocycles. The zero-order chi connectivity index (χ0) is 12.4. The third kappa shape index (κ3) is 2.22. The van der Waals surface area contributed by atoms with Gasteiger partial charge in [0.25, 0.3) is 0 Å². The van der Waals surface area contributed by atoms with E-state index in [1.54, 1.807) is 12.1 Å². The van der Waals surface area contributed by atoms with Crippen LogP contribution in [0, 0.1) is 0 Å². The highest BCUT2D eigenvalue weighted by atomic mass is 35.5. The Hall–Kier alpha value is -1.67. The summed E-state index contributed by atoms with van der Waals surface area (Å²) in [5.41, 5.74) is 2.77. The van der Waals surface area contributed by atoms with Crippen LogP contribution in [0.5, 0.6) is 0 Å². The van der Waals surface area contributed by atoms with Gasteiger partial charge in [0.05, 0.1) is 0 Å². The molecule has 0 bridgehead atoms. The van der Waals surface area contributed by atoms with Gasteiger partial charge in [0.15, 0.2) is 0 Å². The normalized spacial score (nSPS) is 17.8. The minimum absolute atomic E-state index is 0.0981. The predicted octanol–water partition coefficient (Wildman–Crippen LogP) is 3.61. The highest BCUT2D eigenvalue weighted by molar-refractivity contribution is 6.52. The summed E-state index contributed by atoms with van der Waals surface area (Å²) in [5.74, 6) is -0.0981. The van der Waals surface area contributed by atoms with Gasteiger partial charge in [0.1, 0.15) is 5.71 Å². The summed E-state index contributed by atoms with van der Waals surface area (Å²) in [4.78, 5) is 16.3. The second kappa shape index (κ2) is 4.68. The molecular formula is C14H12ClNO. The molecule has 17 heavy (non-hydrogen) atoms. The molecule has 0 saturated heterocycles. The Morgan fingerprint density at radius 2 is 2.12 bits per heavy atom. The Morgan fingerprint density at radius 3 is 2.82 bits per heavy atom. The second-order valence-corrected chi connectivity index (χ2v) is 4.33. The molecule has 1 aliphatic carbocycles. The van der Waals surface area contributed by atoms with Crippen molar-refractivity contribution in [2.45, 2.75) is 12.8 Å². The molecule has 0 heterocycles. The first-order valence-electron chi connectivity index (χ1n) is 5.33. The van der Waals surface area contributed by atoms with Crippen LogP contribution >= 0.6 is 11.6 Å². The maximum atomic E-state index is 12.3. The fourth-order valence-corrected chi connectivity index (χ4v) is 2.12. The molecule has 0 fully saturated rings. The van der Waals surface area contributed by atoms with Gasteiger partial charge in [-0.25, -0.2) is 0 Å². The Kier molecular flexibility index (Phi) is 3.25. The number of carbonyl (C=O) groups is 1. The van der Waals surface area contributed by atoms with Crippen molar-refractivity contribution in [2.75, 3.05) is 0 Å². The maximum absolute atomic E-state index is 12.3. The molecule has 0 spiro atoms. The molecule has 0 aromatic heterocycles. The number of aliphatic imine (C=N–C) groups is 1. The van der Waals surface area contributed by atoms with Crippen LogP contribution in [0.25, 0.3) is 0 Å². The van der Waals surface area contributed by atoms with Gasteiger partial charge < -0.3 is 0 Å². The van der Waals surface area contributed by atoms with Crippen LogP contribution < -0.4 is 0 Å². The zero-order valence-electron chi connectivity index (χ0n) is 9.37. The van der Waals surface area contributed by atoms with Gasteiger partial charge in [-0.05, 0) is 42.2 Å². The zero-order valence-corrected chi connectivity index (χ0v) is 10.1. The van der Waals surface area contributed by atoms with E-state index in [-0.39, 0.29) is 5.78 Å². The third-order valence-electron chi connectivity index (χ3n) is 2.78. The Balaban J connectivity index is 2.57. The lowest BCUT2D eigenvalue weighted by atomic mass is 10.0. The van der Waals surface area contributed by atoms with Crippen molar-refractivity contribution in [3.05, 3.63) is 59.3 Å². The van der Waals surface area contributed by atoms with Crippen molar-refractivity contribution in [2.24, 2.45) is 4.99 Å². The van der Waals surface area contributed by atoms with Gasteiger partial charge in [-0.2, -0.15) is 0 Å².